The van der Waals surface area contributed by atoms with Crippen molar-refractivity contribution in [1.29, 1.82) is 0 Å². The maximum atomic E-state index is 13.1. The van der Waals surface area contributed by atoms with E-state index in [0.29, 0.717) is 11.0 Å². The van der Waals surface area contributed by atoms with E-state index >= 15 is 0 Å². The van der Waals surface area contributed by atoms with Crippen LogP contribution in [0.4, 0.5) is 30.5 Å². The molecule has 0 unspecified atom stereocenters. The highest BCUT2D eigenvalue weighted by Gasteiger charge is 2.30. The minimum absolute atomic E-state index is 0.0167. The first-order chi connectivity index (χ1) is 15.1. The standard InChI is InChI=1S/C22H17F3N4O2S/c1-14-9-11-17(12-10-14)32(30,31)29-21-20(27-18-7-2-3-8-19(18)28-21)26-16-6-4-5-15(13-16)22(23,24)25/h2-13H,1H3,(H,26,27)(H,28,29). The van der Waals surface area contributed by atoms with Crippen LogP contribution < -0.4 is 10.0 Å². The maximum Gasteiger partial charge on any atom is 0.416 e. The highest BCUT2D eigenvalue weighted by atomic mass is 32.2. The molecule has 2 N–H and O–H groups in total. The molecule has 1 aromatic heterocycles. The van der Waals surface area contributed by atoms with Crippen molar-refractivity contribution in [2.75, 3.05) is 10.0 Å². The second-order valence-corrected chi connectivity index (χ2v) is 8.71. The predicted octanol–water partition coefficient (Wildman–Crippen LogP) is 5.50. The summed E-state index contributed by atoms with van der Waals surface area (Å²) in [4.78, 5) is 8.72. The van der Waals surface area contributed by atoms with Gasteiger partial charge < -0.3 is 5.32 Å². The average Bonchev–Trinajstić information content (AvgIpc) is 2.74. The third-order valence-corrected chi connectivity index (χ3v) is 5.94. The van der Waals surface area contributed by atoms with Crippen LogP contribution in [-0.4, -0.2) is 18.4 Å². The van der Waals surface area contributed by atoms with Gasteiger partial charge in [0.15, 0.2) is 11.6 Å². The number of anilines is 3. The number of sulfonamides is 1. The highest BCUT2D eigenvalue weighted by molar-refractivity contribution is 7.92. The number of hydrogen-bond donors (Lipinski definition) is 2. The lowest BCUT2D eigenvalue weighted by atomic mass is 10.2. The number of benzene rings is 3. The molecule has 6 nitrogen and oxygen atoms in total. The molecule has 32 heavy (non-hydrogen) atoms. The molecule has 10 heteroatoms. The van der Waals surface area contributed by atoms with Gasteiger partial charge in [-0.25, -0.2) is 18.4 Å². The van der Waals surface area contributed by atoms with Gasteiger partial charge in [0.1, 0.15) is 0 Å². The summed E-state index contributed by atoms with van der Waals surface area (Å²) in [6, 6.07) is 17.5. The molecule has 0 fully saturated rings. The number of halogens is 3. The molecule has 0 spiro atoms. The van der Waals surface area contributed by atoms with Crippen LogP contribution in [0.3, 0.4) is 0 Å². The Bertz CT molecular complexity index is 1390. The van der Waals surface area contributed by atoms with Gasteiger partial charge in [0.05, 0.1) is 21.5 Å². The van der Waals surface area contributed by atoms with Crippen LogP contribution >= 0.6 is 0 Å². The van der Waals surface area contributed by atoms with Crippen LogP contribution in [0.1, 0.15) is 11.1 Å². The van der Waals surface area contributed by atoms with Gasteiger partial charge >= 0.3 is 6.18 Å². The number of nitrogens with zero attached hydrogens (tertiary/aromatic N) is 2. The summed E-state index contributed by atoms with van der Waals surface area (Å²) in [7, 11) is -4.02. The zero-order valence-electron chi connectivity index (χ0n) is 16.7. The molecule has 0 saturated carbocycles. The summed E-state index contributed by atoms with van der Waals surface area (Å²) in [6.07, 6.45) is -4.53. The Kier molecular flexibility index (Phi) is 5.47. The van der Waals surface area contributed by atoms with Gasteiger partial charge in [-0.15, -0.1) is 0 Å². The van der Waals surface area contributed by atoms with Gasteiger partial charge in [-0.3, -0.25) is 4.72 Å². The molecule has 0 aliphatic rings. The van der Waals surface area contributed by atoms with Crippen LogP contribution in [0.2, 0.25) is 0 Å². The van der Waals surface area contributed by atoms with E-state index in [4.69, 9.17) is 0 Å². The van der Waals surface area contributed by atoms with Gasteiger partial charge in [0.2, 0.25) is 0 Å². The van der Waals surface area contributed by atoms with Crippen molar-refractivity contribution >= 4 is 38.4 Å². The van der Waals surface area contributed by atoms with Crippen molar-refractivity contribution in [3.8, 4) is 0 Å². The molecule has 0 amide bonds. The quantitative estimate of drug-likeness (QED) is 0.413. The third-order valence-electron chi connectivity index (χ3n) is 4.59. The first-order valence-electron chi connectivity index (χ1n) is 9.42. The molecule has 0 aliphatic heterocycles. The number of hydrogen-bond acceptors (Lipinski definition) is 5. The number of rotatable bonds is 5. The van der Waals surface area contributed by atoms with Crippen LogP contribution in [0.15, 0.2) is 77.7 Å². The maximum absolute atomic E-state index is 13.1. The molecule has 164 valence electrons. The van der Waals surface area contributed by atoms with Gasteiger partial charge in [-0.1, -0.05) is 35.9 Å². The van der Waals surface area contributed by atoms with Crippen LogP contribution in [0, 0.1) is 6.92 Å². The molecular formula is C22H17F3N4O2S. The Balaban J connectivity index is 1.77. The first-order valence-corrected chi connectivity index (χ1v) is 10.9. The number of alkyl halides is 3. The second-order valence-electron chi connectivity index (χ2n) is 7.03. The van der Waals surface area contributed by atoms with Crippen molar-refractivity contribution < 1.29 is 21.6 Å². The van der Waals surface area contributed by atoms with Gasteiger partial charge in [-0.05, 0) is 49.4 Å². The predicted molar refractivity (Wildman–Crippen MR) is 116 cm³/mol. The van der Waals surface area contributed by atoms with Crippen molar-refractivity contribution in [3.63, 3.8) is 0 Å². The zero-order chi connectivity index (χ0) is 22.9. The number of para-hydroxylation sites is 2. The van der Waals surface area contributed by atoms with Gasteiger partial charge in [-0.2, -0.15) is 13.2 Å². The number of aromatic nitrogens is 2. The Hall–Kier alpha value is -3.66. The monoisotopic (exact) mass is 458 g/mol. The topological polar surface area (TPSA) is 84.0 Å². The lowest BCUT2D eigenvalue weighted by Crippen LogP contribution is -2.16. The largest absolute Gasteiger partial charge is 0.416 e. The van der Waals surface area contributed by atoms with E-state index in [0.717, 1.165) is 17.7 Å². The summed E-state index contributed by atoms with van der Waals surface area (Å²) in [5.74, 6) is -0.166. The molecule has 0 aliphatic carbocycles. The van der Waals surface area contributed by atoms with Crippen molar-refractivity contribution in [2.45, 2.75) is 18.0 Å². The Morgan fingerprint density at radius 3 is 2.06 bits per heavy atom. The smallest absolute Gasteiger partial charge is 0.337 e. The fraction of sp³-hybridized carbons (Fsp3) is 0.0909. The highest BCUT2D eigenvalue weighted by Crippen LogP contribution is 2.32. The fourth-order valence-electron chi connectivity index (χ4n) is 2.97. The van der Waals surface area contributed by atoms with E-state index in [1.54, 1.807) is 36.4 Å². The zero-order valence-corrected chi connectivity index (χ0v) is 17.5. The molecule has 1 heterocycles. The second kappa shape index (κ2) is 8.12. The number of nitrogens with one attached hydrogen (secondary N) is 2. The van der Waals surface area contributed by atoms with E-state index < -0.39 is 21.8 Å². The summed E-state index contributed by atoms with van der Waals surface area (Å²) < 4.78 is 67.4. The van der Waals surface area contributed by atoms with Crippen molar-refractivity contribution in [2.24, 2.45) is 0 Å². The number of fused-ring (bicyclic) bond motifs is 1. The molecule has 4 rings (SSSR count). The Morgan fingerprint density at radius 2 is 1.44 bits per heavy atom. The minimum atomic E-state index is -4.53. The fourth-order valence-corrected chi connectivity index (χ4v) is 3.98. The Morgan fingerprint density at radius 1 is 0.812 bits per heavy atom. The normalized spacial score (nSPS) is 12.0. The Labute approximate surface area is 182 Å². The average molecular weight is 458 g/mol. The van der Waals surface area contributed by atoms with E-state index in [9.17, 15) is 21.6 Å². The van der Waals surface area contributed by atoms with Crippen molar-refractivity contribution in [1.82, 2.24) is 9.97 Å². The number of aryl methyl sites for hydroxylation is 1. The first kappa shape index (κ1) is 21.6. The van der Waals surface area contributed by atoms with Crippen LogP contribution in [-0.2, 0) is 16.2 Å². The minimum Gasteiger partial charge on any atom is -0.337 e. The summed E-state index contributed by atoms with van der Waals surface area (Å²) in [6.45, 7) is 1.83. The van der Waals surface area contributed by atoms with Crippen LogP contribution in [0.5, 0.6) is 0 Å². The SMILES string of the molecule is Cc1ccc(S(=O)(=O)Nc2nc3ccccc3nc2Nc2cccc(C(F)(F)F)c2)cc1. The van der Waals surface area contributed by atoms with Crippen LogP contribution in [0.25, 0.3) is 11.0 Å². The van der Waals surface area contributed by atoms with E-state index in [1.165, 1.54) is 24.3 Å². The molecular weight excluding hydrogens is 441 g/mol. The summed E-state index contributed by atoms with van der Waals surface area (Å²) >= 11 is 0. The lowest BCUT2D eigenvalue weighted by molar-refractivity contribution is -0.137. The molecule has 0 bridgehead atoms. The van der Waals surface area contributed by atoms with E-state index in [-0.39, 0.29) is 22.2 Å². The van der Waals surface area contributed by atoms with E-state index in [1.807, 2.05) is 6.92 Å². The van der Waals surface area contributed by atoms with Crippen molar-refractivity contribution in [3.05, 3.63) is 83.9 Å². The molecule has 3 aromatic carbocycles. The van der Waals surface area contributed by atoms with Gasteiger partial charge in [0.25, 0.3) is 10.0 Å². The molecule has 4 aromatic rings. The lowest BCUT2D eigenvalue weighted by Gasteiger charge is -2.15. The molecule has 0 atom stereocenters. The summed E-state index contributed by atoms with van der Waals surface area (Å²) in [5, 5.41) is 2.76. The summed E-state index contributed by atoms with van der Waals surface area (Å²) in [5.41, 5.74) is 0.989. The molecule has 0 radical (unpaired) electrons. The molecule has 0 saturated heterocycles. The van der Waals surface area contributed by atoms with Gasteiger partial charge in [0, 0.05) is 5.69 Å². The van der Waals surface area contributed by atoms with E-state index in [2.05, 4.69) is 20.0 Å². The third kappa shape index (κ3) is 4.65.